The highest BCUT2D eigenvalue weighted by molar-refractivity contribution is 7.80. The molecule has 8 heteroatoms. The van der Waals surface area contributed by atoms with Crippen molar-refractivity contribution in [1.82, 2.24) is 5.43 Å². The Morgan fingerprint density at radius 2 is 1.87 bits per heavy atom. The third-order valence-corrected chi connectivity index (χ3v) is 3.63. The summed E-state index contributed by atoms with van der Waals surface area (Å²) in [5.41, 5.74) is 4.16. The van der Waals surface area contributed by atoms with Gasteiger partial charge in [0.2, 0.25) is 0 Å². The molecule has 0 aliphatic rings. The molecule has 2 aromatic rings. The standard InChI is InChI=1S/C15H13Cl2N3O2S/c1-8(11-4-3-10(21)7-14(11)22)19-20-15(23)18-13-6-9(16)2-5-12(13)17/h2-7,21-22H,1H3,(H2,18,20,23)/b19-8+. The number of benzene rings is 2. The molecule has 0 spiro atoms. The molecule has 2 rings (SSSR count). The summed E-state index contributed by atoms with van der Waals surface area (Å²) in [5, 5.41) is 27.2. The summed E-state index contributed by atoms with van der Waals surface area (Å²) in [6.07, 6.45) is 0. The minimum atomic E-state index is -0.0789. The summed E-state index contributed by atoms with van der Waals surface area (Å²) in [6, 6.07) is 9.20. The summed E-state index contributed by atoms with van der Waals surface area (Å²) in [4.78, 5) is 0. The van der Waals surface area contributed by atoms with Gasteiger partial charge in [0.25, 0.3) is 0 Å². The zero-order chi connectivity index (χ0) is 17.0. The van der Waals surface area contributed by atoms with Gasteiger partial charge in [-0.2, -0.15) is 5.10 Å². The molecule has 0 saturated heterocycles. The number of phenols is 2. The van der Waals surface area contributed by atoms with Gasteiger partial charge in [-0.15, -0.1) is 0 Å². The SMILES string of the molecule is C/C(=N\NC(=S)Nc1cc(Cl)ccc1Cl)c1ccc(O)cc1O. The number of thiocarbonyl (C=S) groups is 1. The van der Waals surface area contributed by atoms with E-state index >= 15 is 0 Å². The fourth-order valence-corrected chi connectivity index (χ4v) is 2.26. The maximum absolute atomic E-state index is 9.78. The van der Waals surface area contributed by atoms with E-state index in [2.05, 4.69) is 15.8 Å². The summed E-state index contributed by atoms with van der Waals surface area (Å²) in [6.45, 7) is 1.69. The average molecular weight is 370 g/mol. The average Bonchev–Trinajstić information content (AvgIpc) is 2.48. The van der Waals surface area contributed by atoms with Crippen molar-refractivity contribution in [3.05, 3.63) is 52.0 Å². The van der Waals surface area contributed by atoms with Crippen LogP contribution in [-0.2, 0) is 0 Å². The van der Waals surface area contributed by atoms with Crippen molar-refractivity contribution in [2.45, 2.75) is 6.92 Å². The van der Waals surface area contributed by atoms with E-state index in [1.807, 2.05) is 0 Å². The first-order valence-corrected chi connectivity index (χ1v) is 7.62. The zero-order valence-corrected chi connectivity index (χ0v) is 14.3. The van der Waals surface area contributed by atoms with E-state index in [0.717, 1.165) is 0 Å². The Hall–Kier alpha value is -2.02. The number of aromatic hydroxyl groups is 2. The van der Waals surface area contributed by atoms with Gasteiger partial charge < -0.3 is 15.5 Å². The van der Waals surface area contributed by atoms with Gasteiger partial charge in [0.05, 0.1) is 16.4 Å². The number of hydrazone groups is 1. The van der Waals surface area contributed by atoms with Crippen LogP contribution in [0, 0.1) is 0 Å². The Bertz CT molecular complexity index is 781. The first kappa shape index (κ1) is 17.3. The van der Waals surface area contributed by atoms with E-state index in [-0.39, 0.29) is 16.6 Å². The number of halogens is 2. The number of nitrogens with zero attached hydrogens (tertiary/aromatic N) is 1. The van der Waals surface area contributed by atoms with E-state index in [9.17, 15) is 10.2 Å². The monoisotopic (exact) mass is 369 g/mol. The van der Waals surface area contributed by atoms with Gasteiger partial charge in [-0.1, -0.05) is 23.2 Å². The highest BCUT2D eigenvalue weighted by Gasteiger charge is 2.07. The lowest BCUT2D eigenvalue weighted by atomic mass is 10.1. The number of nitrogens with one attached hydrogen (secondary N) is 2. The largest absolute Gasteiger partial charge is 0.508 e. The van der Waals surface area contributed by atoms with Crippen LogP contribution >= 0.6 is 35.4 Å². The number of anilines is 1. The van der Waals surface area contributed by atoms with Crippen molar-refractivity contribution in [2.24, 2.45) is 5.10 Å². The molecule has 0 radical (unpaired) electrons. The van der Waals surface area contributed by atoms with Crippen LogP contribution in [0.5, 0.6) is 11.5 Å². The minimum absolute atomic E-state index is 0.0280. The van der Waals surface area contributed by atoms with Crippen molar-refractivity contribution >= 4 is 51.9 Å². The molecule has 0 aliphatic carbocycles. The fourth-order valence-electron chi connectivity index (χ4n) is 1.76. The zero-order valence-electron chi connectivity index (χ0n) is 12.0. The van der Waals surface area contributed by atoms with Crippen LogP contribution < -0.4 is 10.7 Å². The lowest BCUT2D eigenvalue weighted by Gasteiger charge is -2.10. The maximum Gasteiger partial charge on any atom is 0.191 e. The van der Waals surface area contributed by atoms with Gasteiger partial charge in [0.15, 0.2) is 5.11 Å². The third-order valence-electron chi connectivity index (χ3n) is 2.87. The van der Waals surface area contributed by atoms with Gasteiger partial charge in [-0.05, 0) is 49.5 Å². The third kappa shape index (κ3) is 4.72. The lowest BCUT2D eigenvalue weighted by Crippen LogP contribution is -2.25. The van der Waals surface area contributed by atoms with Crippen molar-refractivity contribution in [3.63, 3.8) is 0 Å². The molecule has 4 N–H and O–H groups in total. The van der Waals surface area contributed by atoms with Crippen molar-refractivity contribution in [2.75, 3.05) is 5.32 Å². The first-order valence-electron chi connectivity index (χ1n) is 6.45. The van der Waals surface area contributed by atoms with Crippen LogP contribution in [0.2, 0.25) is 10.0 Å². The molecule has 5 nitrogen and oxygen atoms in total. The van der Waals surface area contributed by atoms with Gasteiger partial charge in [-0.3, -0.25) is 5.43 Å². The molecule has 0 bridgehead atoms. The summed E-state index contributed by atoms with van der Waals surface area (Å²) < 4.78 is 0. The second-order valence-electron chi connectivity index (χ2n) is 4.59. The molecule has 0 aromatic heterocycles. The van der Waals surface area contributed by atoms with E-state index in [1.54, 1.807) is 31.2 Å². The molecule has 0 aliphatic heterocycles. The molecule has 0 fully saturated rings. The predicted octanol–water partition coefficient (Wildman–Crippen LogP) is 4.12. The van der Waals surface area contributed by atoms with Gasteiger partial charge in [0, 0.05) is 16.7 Å². The minimum Gasteiger partial charge on any atom is -0.508 e. The summed E-state index contributed by atoms with van der Waals surface area (Å²) in [7, 11) is 0. The van der Waals surface area contributed by atoms with Gasteiger partial charge in [0.1, 0.15) is 11.5 Å². The molecule has 0 atom stereocenters. The van der Waals surface area contributed by atoms with E-state index in [4.69, 9.17) is 35.4 Å². The molecule has 0 saturated carbocycles. The smallest absolute Gasteiger partial charge is 0.191 e. The second kappa shape index (κ2) is 7.50. The Morgan fingerprint density at radius 1 is 1.13 bits per heavy atom. The van der Waals surface area contributed by atoms with Crippen LogP contribution in [0.25, 0.3) is 0 Å². The highest BCUT2D eigenvalue weighted by Crippen LogP contribution is 2.25. The molecule has 0 heterocycles. The molecule has 120 valence electrons. The van der Waals surface area contributed by atoms with Crippen molar-refractivity contribution in [3.8, 4) is 11.5 Å². The van der Waals surface area contributed by atoms with Crippen LogP contribution in [0.3, 0.4) is 0 Å². The fraction of sp³-hybridized carbons (Fsp3) is 0.0667. The Kier molecular flexibility index (Phi) is 5.65. The van der Waals surface area contributed by atoms with Crippen molar-refractivity contribution < 1.29 is 10.2 Å². The molecule has 0 amide bonds. The number of phenolic OH excluding ortho intramolecular Hbond substituents is 2. The molecule has 23 heavy (non-hydrogen) atoms. The Morgan fingerprint density at radius 3 is 2.57 bits per heavy atom. The maximum atomic E-state index is 9.78. The second-order valence-corrected chi connectivity index (χ2v) is 5.84. The topological polar surface area (TPSA) is 76.9 Å². The van der Waals surface area contributed by atoms with E-state index in [1.165, 1.54) is 12.1 Å². The number of rotatable bonds is 3. The predicted molar refractivity (Wildman–Crippen MR) is 97.8 cm³/mol. The lowest BCUT2D eigenvalue weighted by molar-refractivity contribution is 0.450. The quantitative estimate of drug-likeness (QED) is 0.372. The van der Waals surface area contributed by atoms with E-state index < -0.39 is 0 Å². The molecular formula is C15H13Cl2N3O2S. The van der Waals surface area contributed by atoms with Crippen LogP contribution in [0.15, 0.2) is 41.5 Å². The molecule has 2 aromatic carbocycles. The van der Waals surface area contributed by atoms with Crippen LogP contribution in [0.1, 0.15) is 12.5 Å². The molecule has 0 unspecified atom stereocenters. The normalized spacial score (nSPS) is 11.2. The Balaban J connectivity index is 2.06. The number of hydrogen-bond acceptors (Lipinski definition) is 4. The first-order chi connectivity index (χ1) is 10.9. The summed E-state index contributed by atoms with van der Waals surface area (Å²) in [5.74, 6) is -0.107. The molecular weight excluding hydrogens is 357 g/mol. The van der Waals surface area contributed by atoms with Crippen molar-refractivity contribution in [1.29, 1.82) is 0 Å². The van der Waals surface area contributed by atoms with Crippen LogP contribution in [-0.4, -0.2) is 21.0 Å². The van der Waals surface area contributed by atoms with E-state index in [0.29, 0.717) is 27.0 Å². The van der Waals surface area contributed by atoms with Gasteiger partial charge >= 0.3 is 0 Å². The van der Waals surface area contributed by atoms with Crippen LogP contribution in [0.4, 0.5) is 5.69 Å². The van der Waals surface area contributed by atoms with Gasteiger partial charge in [-0.25, -0.2) is 0 Å². The highest BCUT2D eigenvalue weighted by atomic mass is 35.5. The Labute approximate surface area is 148 Å². The summed E-state index contributed by atoms with van der Waals surface area (Å²) >= 11 is 17.1. The number of hydrogen-bond donors (Lipinski definition) is 4.